The van der Waals surface area contributed by atoms with E-state index in [4.69, 9.17) is 19.6 Å². The van der Waals surface area contributed by atoms with E-state index in [-0.39, 0.29) is 20.0 Å². The van der Waals surface area contributed by atoms with Gasteiger partial charge in [0.25, 0.3) is 0 Å². The Hall–Kier alpha value is 0.180. The molecular formula is C16H26NO6PS. The van der Waals surface area contributed by atoms with Crippen LogP contribution in [0.1, 0.15) is 44.9 Å². The average molecular weight is 391 g/mol. The van der Waals surface area contributed by atoms with Gasteiger partial charge in [-0.3, -0.25) is 0 Å². The lowest BCUT2D eigenvalue weighted by molar-refractivity contribution is -0.533. The average Bonchev–Trinajstić information content (AvgIpc) is 3.03. The van der Waals surface area contributed by atoms with Gasteiger partial charge in [-0.15, -0.1) is 0 Å². The van der Waals surface area contributed by atoms with E-state index in [1.54, 1.807) is 6.66 Å². The number of hydrogen-bond acceptors (Lipinski definition) is 6. The number of piperidine rings is 1. The van der Waals surface area contributed by atoms with Crippen molar-refractivity contribution in [3.05, 3.63) is 0 Å². The van der Waals surface area contributed by atoms with Crippen LogP contribution in [-0.2, 0) is 29.2 Å². The van der Waals surface area contributed by atoms with Crippen LogP contribution in [0, 0.1) is 17.3 Å². The van der Waals surface area contributed by atoms with Gasteiger partial charge in [0.05, 0.1) is 12.2 Å². The van der Waals surface area contributed by atoms with Gasteiger partial charge in [-0.05, 0) is 56.0 Å². The Balaban J connectivity index is 1.31. The summed E-state index contributed by atoms with van der Waals surface area (Å²) in [6, 6.07) is 0. The van der Waals surface area contributed by atoms with Gasteiger partial charge in [0.1, 0.15) is 0 Å². The van der Waals surface area contributed by atoms with Crippen molar-refractivity contribution in [2.45, 2.75) is 62.9 Å². The van der Waals surface area contributed by atoms with Crippen molar-refractivity contribution in [3.63, 3.8) is 0 Å². The molecule has 9 heteroatoms. The number of hydrogen-bond donors (Lipinski definition) is 0. The molecule has 5 unspecified atom stereocenters. The first-order valence-corrected chi connectivity index (χ1v) is 13.0. The molecule has 3 saturated carbocycles. The molecule has 142 valence electrons. The van der Waals surface area contributed by atoms with E-state index < -0.39 is 15.4 Å². The summed E-state index contributed by atoms with van der Waals surface area (Å²) in [5, 5.41) is 0. The Morgan fingerprint density at radius 3 is 2.04 bits per heavy atom. The van der Waals surface area contributed by atoms with Crippen molar-refractivity contribution in [1.29, 1.82) is 0 Å². The molecule has 3 bridgehead atoms. The maximum absolute atomic E-state index is 12.1. The number of fused-ring (bicyclic) bond motifs is 2. The van der Waals surface area contributed by atoms with E-state index in [9.17, 15) is 8.42 Å². The lowest BCUT2D eigenvalue weighted by Gasteiger charge is -2.48. The molecule has 2 spiro atoms. The second-order valence-electron chi connectivity index (χ2n) is 8.36. The quantitative estimate of drug-likeness (QED) is 0.531. The third-order valence-corrected chi connectivity index (χ3v) is 11.1. The predicted octanol–water partition coefficient (Wildman–Crippen LogP) is 2.19. The molecule has 7 nitrogen and oxygen atoms in total. The van der Waals surface area contributed by atoms with Gasteiger partial charge >= 0.3 is 0 Å². The molecule has 2 aliphatic heterocycles. The van der Waals surface area contributed by atoms with Gasteiger partial charge in [0.15, 0.2) is 0 Å². The molecule has 0 aromatic rings. The fraction of sp³-hybridized carbons (Fsp3) is 1.00. The first-order valence-electron chi connectivity index (χ1n) is 9.32. The highest BCUT2D eigenvalue weighted by Gasteiger charge is 2.65. The maximum atomic E-state index is 12.1. The van der Waals surface area contributed by atoms with Crippen LogP contribution in [0.25, 0.3) is 0 Å². The van der Waals surface area contributed by atoms with Crippen molar-refractivity contribution in [2.24, 2.45) is 17.3 Å². The minimum atomic E-state index is -3.16. The Kier molecular flexibility index (Phi) is 4.04. The topological polar surface area (TPSA) is 74.3 Å². The van der Waals surface area contributed by atoms with Crippen LogP contribution in [-0.4, -0.2) is 50.5 Å². The van der Waals surface area contributed by atoms with Crippen LogP contribution < -0.4 is 0 Å². The third kappa shape index (κ3) is 2.64. The van der Waals surface area contributed by atoms with Gasteiger partial charge < -0.3 is 0 Å². The zero-order chi connectivity index (χ0) is 17.3. The largest absolute Gasteiger partial charge is 0.236 e. The van der Waals surface area contributed by atoms with Gasteiger partial charge in [0, 0.05) is 33.7 Å². The summed E-state index contributed by atoms with van der Waals surface area (Å²) < 4.78 is 25.7. The lowest BCUT2D eigenvalue weighted by Crippen LogP contribution is -2.49. The standard InChI is InChI=1S/C16H26NO6PS/c1-24-25(18,19)17-4-2-16(3-5-17)22-20-13-7-11-6-12-8-14(21-23-16)10-15(11,12)9-13/h11-14,24H,2-10H2,1H3/t11?,12?,13-,14?,15?/m1/s1. The SMILES string of the molecule is CPS(=O)(=O)N1CCC2(CC1)OOC1CC3CC4C[C@H](CC34C1)OO2. The molecule has 2 saturated heterocycles. The summed E-state index contributed by atoms with van der Waals surface area (Å²) in [5.74, 6) is 0.496. The van der Waals surface area contributed by atoms with Crippen LogP contribution in [0.15, 0.2) is 0 Å². The Bertz CT molecular complexity index is 619. The summed E-state index contributed by atoms with van der Waals surface area (Å²) in [6.45, 7) is 2.45. The third-order valence-electron chi connectivity index (χ3n) is 7.26. The molecule has 5 aliphatic rings. The first kappa shape index (κ1) is 17.3. The van der Waals surface area contributed by atoms with E-state index in [1.165, 1.54) is 10.7 Å². The van der Waals surface area contributed by atoms with Crippen molar-refractivity contribution in [1.82, 2.24) is 4.31 Å². The lowest BCUT2D eigenvalue weighted by atomic mass is 9.56. The molecule has 2 heterocycles. The van der Waals surface area contributed by atoms with E-state index in [2.05, 4.69) is 0 Å². The van der Waals surface area contributed by atoms with Crippen molar-refractivity contribution < 1.29 is 28.0 Å². The van der Waals surface area contributed by atoms with Gasteiger partial charge in [-0.1, -0.05) is 0 Å². The van der Waals surface area contributed by atoms with E-state index >= 15 is 0 Å². The van der Waals surface area contributed by atoms with Crippen LogP contribution >= 0.6 is 7.78 Å². The highest BCUT2D eigenvalue weighted by molar-refractivity contribution is 8.42. The fourth-order valence-corrected chi connectivity index (χ4v) is 8.13. The van der Waals surface area contributed by atoms with Crippen molar-refractivity contribution >= 4 is 17.4 Å². The van der Waals surface area contributed by atoms with E-state index in [0.717, 1.165) is 37.5 Å². The van der Waals surface area contributed by atoms with E-state index in [0.29, 0.717) is 31.3 Å². The smallest absolute Gasteiger partial charge is 0.230 e. The molecule has 0 aromatic carbocycles. The van der Waals surface area contributed by atoms with Crippen molar-refractivity contribution in [2.75, 3.05) is 19.8 Å². The molecule has 5 fully saturated rings. The molecule has 6 atom stereocenters. The minimum absolute atomic E-state index is 0.131. The van der Waals surface area contributed by atoms with Crippen LogP contribution in [0.3, 0.4) is 0 Å². The van der Waals surface area contributed by atoms with Crippen LogP contribution in [0.5, 0.6) is 0 Å². The molecule has 0 N–H and O–H groups in total. The monoisotopic (exact) mass is 391 g/mol. The summed E-state index contributed by atoms with van der Waals surface area (Å²) >= 11 is 0. The minimum Gasteiger partial charge on any atom is -0.230 e. The van der Waals surface area contributed by atoms with Gasteiger partial charge in [0.2, 0.25) is 15.4 Å². The van der Waals surface area contributed by atoms with Crippen molar-refractivity contribution in [3.8, 4) is 0 Å². The number of nitrogens with zero attached hydrogens (tertiary/aromatic N) is 1. The maximum Gasteiger partial charge on any atom is 0.236 e. The van der Waals surface area contributed by atoms with Gasteiger partial charge in [-0.25, -0.2) is 18.2 Å². The van der Waals surface area contributed by atoms with Crippen LogP contribution in [0.4, 0.5) is 0 Å². The molecule has 0 amide bonds. The second kappa shape index (κ2) is 5.84. The van der Waals surface area contributed by atoms with Crippen LogP contribution in [0.2, 0.25) is 0 Å². The second-order valence-corrected chi connectivity index (χ2v) is 13.0. The predicted molar refractivity (Wildman–Crippen MR) is 91.1 cm³/mol. The summed E-state index contributed by atoms with van der Waals surface area (Å²) in [7, 11) is -3.29. The molecule has 3 aliphatic carbocycles. The zero-order valence-corrected chi connectivity index (χ0v) is 16.3. The normalized spacial score (nSPS) is 46.6. The molecule has 0 aromatic heterocycles. The first-order chi connectivity index (χ1) is 11.9. The Morgan fingerprint density at radius 1 is 0.960 bits per heavy atom. The highest BCUT2D eigenvalue weighted by atomic mass is 32.8. The molecule has 5 rings (SSSR count). The Labute approximate surface area is 150 Å². The summed E-state index contributed by atoms with van der Waals surface area (Å²) in [4.78, 5) is 23.2. The molecule has 25 heavy (non-hydrogen) atoms. The summed E-state index contributed by atoms with van der Waals surface area (Å²) in [5.41, 5.74) is 0.395. The fourth-order valence-electron chi connectivity index (χ4n) is 5.88. The Morgan fingerprint density at radius 2 is 1.52 bits per heavy atom. The molecule has 0 radical (unpaired) electrons. The zero-order valence-electron chi connectivity index (χ0n) is 14.5. The highest BCUT2D eigenvalue weighted by Crippen LogP contribution is 2.69. The molecular weight excluding hydrogens is 365 g/mol. The number of rotatable bonds is 2. The van der Waals surface area contributed by atoms with Gasteiger partial charge in [-0.2, -0.15) is 14.1 Å². The summed E-state index contributed by atoms with van der Waals surface area (Å²) in [6.07, 6.45) is 6.66. The van der Waals surface area contributed by atoms with E-state index in [1.807, 2.05) is 0 Å².